The van der Waals surface area contributed by atoms with Crippen molar-refractivity contribution in [3.8, 4) is 0 Å². The molecule has 25 heavy (non-hydrogen) atoms. The lowest BCUT2D eigenvalue weighted by atomic mass is 9.69. The minimum atomic E-state index is -4.31. The first-order chi connectivity index (χ1) is 12.0. The molecule has 0 radical (unpaired) electrons. The molecule has 0 unspecified atom stereocenters. The van der Waals surface area contributed by atoms with Crippen LogP contribution < -0.4 is 0 Å². The van der Waals surface area contributed by atoms with Gasteiger partial charge in [0.1, 0.15) is 5.60 Å². The Bertz CT molecular complexity index is 800. The highest BCUT2D eigenvalue weighted by Crippen LogP contribution is 2.53. The van der Waals surface area contributed by atoms with Crippen LogP contribution in [0.5, 0.6) is 0 Å². The van der Waals surface area contributed by atoms with Gasteiger partial charge in [0.15, 0.2) is 0 Å². The Morgan fingerprint density at radius 2 is 1.72 bits per heavy atom. The van der Waals surface area contributed by atoms with Gasteiger partial charge in [-0.05, 0) is 36.1 Å². The first-order valence-corrected chi connectivity index (χ1v) is 8.45. The van der Waals surface area contributed by atoms with Gasteiger partial charge in [-0.25, -0.2) is 0 Å². The van der Waals surface area contributed by atoms with Crippen LogP contribution in [0.15, 0.2) is 59.6 Å². The number of nitrogens with zero attached hydrogens (tertiary/aromatic N) is 1. The van der Waals surface area contributed by atoms with E-state index in [1.807, 2.05) is 42.5 Å². The lowest BCUT2D eigenvalue weighted by Crippen LogP contribution is -2.51. The summed E-state index contributed by atoms with van der Waals surface area (Å²) in [5.41, 5.74) is 0.926. The Kier molecular flexibility index (Phi) is 3.82. The van der Waals surface area contributed by atoms with Crippen LogP contribution in [-0.2, 0) is 16.8 Å². The minimum Gasteiger partial charge on any atom is -0.465 e. The lowest BCUT2D eigenvalue weighted by molar-refractivity contribution is -0.234. The molecule has 5 heteroatoms. The summed E-state index contributed by atoms with van der Waals surface area (Å²) in [6.45, 7) is 0.325. The molecule has 1 spiro atoms. The largest absolute Gasteiger partial charge is 0.465 e. The van der Waals surface area contributed by atoms with Crippen LogP contribution in [0, 0.1) is 5.92 Å². The quantitative estimate of drug-likeness (QED) is 0.722. The monoisotopic (exact) mass is 345 g/mol. The fourth-order valence-corrected chi connectivity index (χ4v) is 4.05. The molecule has 0 aromatic heterocycles. The highest BCUT2D eigenvalue weighted by Gasteiger charge is 2.59. The molecule has 0 bridgehead atoms. The third-order valence-electron chi connectivity index (χ3n) is 5.17. The normalized spacial score (nSPS) is 25.9. The van der Waals surface area contributed by atoms with Crippen molar-refractivity contribution < 1.29 is 17.9 Å². The molecule has 2 atom stereocenters. The van der Waals surface area contributed by atoms with E-state index < -0.39 is 17.7 Å². The maximum Gasteiger partial charge on any atom is 0.395 e. The number of hydrogen-bond donors (Lipinski definition) is 0. The van der Waals surface area contributed by atoms with Crippen molar-refractivity contribution in [2.24, 2.45) is 10.9 Å². The zero-order chi connectivity index (χ0) is 17.5. The molecule has 2 aliphatic rings. The number of aliphatic imine (C=N–C) groups is 1. The van der Waals surface area contributed by atoms with Gasteiger partial charge in [-0.1, -0.05) is 42.5 Å². The number of benzene rings is 2. The average molecular weight is 345 g/mol. The van der Waals surface area contributed by atoms with Crippen molar-refractivity contribution in [3.63, 3.8) is 0 Å². The van der Waals surface area contributed by atoms with Crippen LogP contribution in [0.25, 0.3) is 0 Å². The Morgan fingerprint density at radius 3 is 2.48 bits per heavy atom. The smallest absolute Gasteiger partial charge is 0.395 e. The predicted octanol–water partition coefficient (Wildman–Crippen LogP) is 4.87. The van der Waals surface area contributed by atoms with Crippen molar-refractivity contribution in [2.75, 3.05) is 6.54 Å². The van der Waals surface area contributed by atoms with Gasteiger partial charge in [-0.3, -0.25) is 4.99 Å². The molecule has 0 saturated heterocycles. The lowest BCUT2D eigenvalue weighted by Gasteiger charge is -2.47. The van der Waals surface area contributed by atoms with Crippen LogP contribution in [0.1, 0.15) is 29.5 Å². The molecule has 0 amide bonds. The second kappa shape index (κ2) is 5.90. The molecule has 130 valence electrons. The van der Waals surface area contributed by atoms with Gasteiger partial charge in [0.25, 0.3) is 0 Å². The number of rotatable bonds is 1. The molecule has 0 saturated carbocycles. The van der Waals surface area contributed by atoms with Crippen LogP contribution in [0.3, 0.4) is 0 Å². The van der Waals surface area contributed by atoms with Gasteiger partial charge in [0, 0.05) is 18.5 Å². The number of hydrogen-bond acceptors (Lipinski definition) is 2. The Labute approximate surface area is 144 Å². The van der Waals surface area contributed by atoms with Gasteiger partial charge >= 0.3 is 6.18 Å². The van der Waals surface area contributed by atoms with E-state index in [2.05, 4.69) is 4.99 Å². The van der Waals surface area contributed by atoms with Crippen LogP contribution in [0.2, 0.25) is 0 Å². The average Bonchev–Trinajstić information content (AvgIpc) is 2.62. The Balaban J connectivity index is 1.83. The summed E-state index contributed by atoms with van der Waals surface area (Å²) < 4.78 is 47.7. The van der Waals surface area contributed by atoms with Crippen molar-refractivity contribution in [1.29, 1.82) is 0 Å². The second-order valence-electron chi connectivity index (χ2n) is 6.58. The fourth-order valence-electron chi connectivity index (χ4n) is 4.05. The zero-order valence-corrected chi connectivity index (χ0v) is 13.6. The van der Waals surface area contributed by atoms with Crippen molar-refractivity contribution in [3.05, 3.63) is 71.3 Å². The molecule has 2 aromatic rings. The van der Waals surface area contributed by atoms with E-state index in [1.165, 1.54) is 0 Å². The van der Waals surface area contributed by atoms with Gasteiger partial charge < -0.3 is 4.74 Å². The standard InChI is InChI=1S/C20H18F3NO/c21-20(22,23)17-11-10-14-6-4-5-9-16(14)19(17)12-13-24-18(25-19)15-7-2-1-3-8-15/h1-9,17H,10-13H2/t17-,19-/m0/s1. The summed E-state index contributed by atoms with van der Waals surface area (Å²) in [5.74, 6) is -1.22. The summed E-state index contributed by atoms with van der Waals surface area (Å²) in [6.07, 6.45) is -3.61. The highest BCUT2D eigenvalue weighted by atomic mass is 19.4. The van der Waals surface area contributed by atoms with Gasteiger partial charge in [-0.15, -0.1) is 0 Å². The van der Waals surface area contributed by atoms with E-state index in [0.29, 0.717) is 30.0 Å². The van der Waals surface area contributed by atoms with E-state index in [9.17, 15) is 13.2 Å². The highest BCUT2D eigenvalue weighted by molar-refractivity contribution is 5.94. The molecular weight excluding hydrogens is 327 g/mol. The predicted molar refractivity (Wildman–Crippen MR) is 89.5 cm³/mol. The van der Waals surface area contributed by atoms with E-state index >= 15 is 0 Å². The van der Waals surface area contributed by atoms with E-state index in [-0.39, 0.29) is 12.8 Å². The van der Waals surface area contributed by atoms with E-state index in [1.54, 1.807) is 12.1 Å². The molecule has 1 aliphatic carbocycles. The maximum atomic E-state index is 13.9. The summed E-state index contributed by atoms with van der Waals surface area (Å²) in [5, 5.41) is 0. The molecule has 2 nitrogen and oxygen atoms in total. The molecule has 0 fully saturated rings. The van der Waals surface area contributed by atoms with Gasteiger partial charge in [0.2, 0.25) is 5.90 Å². The van der Waals surface area contributed by atoms with Crippen molar-refractivity contribution in [1.82, 2.24) is 0 Å². The van der Waals surface area contributed by atoms with Crippen molar-refractivity contribution in [2.45, 2.75) is 31.0 Å². The number of fused-ring (bicyclic) bond motifs is 2. The van der Waals surface area contributed by atoms with Crippen LogP contribution in [-0.4, -0.2) is 18.6 Å². The number of alkyl halides is 3. The maximum absolute atomic E-state index is 13.9. The zero-order valence-electron chi connectivity index (χ0n) is 13.6. The fraction of sp³-hybridized carbons (Fsp3) is 0.350. The number of halogens is 3. The molecule has 4 rings (SSSR count). The first-order valence-electron chi connectivity index (χ1n) is 8.45. The van der Waals surface area contributed by atoms with Crippen molar-refractivity contribution >= 4 is 5.90 Å². The summed E-state index contributed by atoms with van der Waals surface area (Å²) >= 11 is 0. The molecular formula is C20H18F3NO. The summed E-state index contributed by atoms with van der Waals surface area (Å²) in [6, 6.07) is 16.5. The Hall–Kier alpha value is -2.30. The van der Waals surface area contributed by atoms with Crippen LogP contribution >= 0.6 is 0 Å². The molecule has 0 N–H and O–H groups in total. The number of aryl methyl sites for hydroxylation is 1. The third kappa shape index (κ3) is 2.71. The van der Waals surface area contributed by atoms with E-state index in [4.69, 9.17) is 4.74 Å². The molecule has 2 aromatic carbocycles. The van der Waals surface area contributed by atoms with E-state index in [0.717, 1.165) is 5.56 Å². The summed E-state index contributed by atoms with van der Waals surface area (Å²) in [4.78, 5) is 4.37. The first kappa shape index (κ1) is 16.2. The topological polar surface area (TPSA) is 21.6 Å². The summed E-state index contributed by atoms with van der Waals surface area (Å²) in [7, 11) is 0. The minimum absolute atomic E-state index is 0.0442. The molecule has 1 heterocycles. The van der Waals surface area contributed by atoms with Crippen LogP contribution in [0.4, 0.5) is 13.2 Å². The SMILES string of the molecule is FC(F)(F)[C@H]1CCc2ccccc2[C@@]12CCN=C(c1ccccc1)O2. The van der Waals surface area contributed by atoms with Gasteiger partial charge in [0.05, 0.1) is 5.92 Å². The molecule has 1 aliphatic heterocycles. The Morgan fingerprint density at radius 1 is 1.00 bits per heavy atom. The second-order valence-corrected chi connectivity index (χ2v) is 6.58. The van der Waals surface area contributed by atoms with Gasteiger partial charge in [-0.2, -0.15) is 13.2 Å². The number of ether oxygens (including phenoxy) is 1. The third-order valence-corrected chi connectivity index (χ3v) is 5.17.